The summed E-state index contributed by atoms with van der Waals surface area (Å²) in [5.74, 6) is -0.947. The molecule has 1 unspecified atom stereocenters. The SMILES string of the molecule is CN1c2ccc(CC(=O)O)cc2CCC1C(F)(F)F. The van der Waals surface area contributed by atoms with Crippen LogP contribution >= 0.6 is 0 Å². The zero-order valence-corrected chi connectivity index (χ0v) is 10.4. The monoisotopic (exact) mass is 273 g/mol. The Hall–Kier alpha value is -1.72. The van der Waals surface area contributed by atoms with Crippen LogP contribution in [0.4, 0.5) is 18.9 Å². The lowest BCUT2D eigenvalue weighted by molar-refractivity contribution is -0.150. The molecule has 1 aromatic carbocycles. The molecule has 0 saturated carbocycles. The van der Waals surface area contributed by atoms with E-state index >= 15 is 0 Å². The second kappa shape index (κ2) is 4.75. The molecule has 0 bridgehead atoms. The number of carboxylic acid groups (broad SMARTS) is 1. The summed E-state index contributed by atoms with van der Waals surface area (Å²) in [4.78, 5) is 11.9. The third-order valence-electron chi connectivity index (χ3n) is 3.41. The minimum absolute atomic E-state index is 0.00350. The van der Waals surface area contributed by atoms with E-state index in [1.54, 1.807) is 18.2 Å². The van der Waals surface area contributed by atoms with Gasteiger partial charge in [-0.3, -0.25) is 4.79 Å². The van der Waals surface area contributed by atoms with Crippen molar-refractivity contribution >= 4 is 11.7 Å². The molecule has 1 aromatic rings. The Balaban J connectivity index is 2.28. The fourth-order valence-corrected chi connectivity index (χ4v) is 2.50. The fraction of sp³-hybridized carbons (Fsp3) is 0.462. The van der Waals surface area contributed by atoms with Gasteiger partial charge in [0.1, 0.15) is 6.04 Å². The molecule has 1 atom stereocenters. The molecule has 104 valence electrons. The van der Waals surface area contributed by atoms with Crippen LogP contribution < -0.4 is 4.90 Å². The normalized spacial score (nSPS) is 19.2. The predicted octanol–water partition coefficient (Wildman–Crippen LogP) is 2.63. The molecule has 0 radical (unpaired) electrons. The summed E-state index contributed by atoms with van der Waals surface area (Å²) in [7, 11) is 1.42. The van der Waals surface area contributed by atoms with Crippen molar-refractivity contribution in [3.05, 3.63) is 29.3 Å². The topological polar surface area (TPSA) is 40.5 Å². The molecule has 19 heavy (non-hydrogen) atoms. The molecular formula is C13H14F3NO2. The number of carbonyl (C=O) groups is 1. The molecule has 0 aliphatic carbocycles. The average molecular weight is 273 g/mol. The molecule has 1 heterocycles. The van der Waals surface area contributed by atoms with Crippen LogP contribution in [0.1, 0.15) is 17.5 Å². The van der Waals surface area contributed by atoms with Gasteiger partial charge in [0.25, 0.3) is 0 Å². The number of fused-ring (bicyclic) bond motifs is 1. The third-order valence-corrected chi connectivity index (χ3v) is 3.41. The average Bonchev–Trinajstić information content (AvgIpc) is 2.26. The molecule has 0 spiro atoms. The van der Waals surface area contributed by atoms with Crippen LogP contribution in [-0.2, 0) is 17.6 Å². The Morgan fingerprint density at radius 3 is 2.74 bits per heavy atom. The molecule has 1 aliphatic rings. The first-order chi connectivity index (χ1) is 8.79. The number of anilines is 1. The lowest BCUT2D eigenvalue weighted by Gasteiger charge is -2.37. The second-order valence-electron chi connectivity index (χ2n) is 4.74. The number of aliphatic carboxylic acids is 1. The molecule has 2 rings (SSSR count). The Kier molecular flexibility index (Phi) is 3.43. The lowest BCUT2D eigenvalue weighted by atomic mass is 9.94. The first kappa shape index (κ1) is 13.7. The van der Waals surface area contributed by atoms with Crippen LogP contribution in [0.25, 0.3) is 0 Å². The molecule has 1 N–H and O–H groups in total. The zero-order chi connectivity index (χ0) is 14.2. The van der Waals surface area contributed by atoms with Crippen molar-refractivity contribution < 1.29 is 23.1 Å². The van der Waals surface area contributed by atoms with Crippen LogP contribution in [0.15, 0.2) is 18.2 Å². The summed E-state index contributed by atoms with van der Waals surface area (Å²) < 4.78 is 38.5. The maximum atomic E-state index is 12.8. The van der Waals surface area contributed by atoms with E-state index in [1.807, 2.05) is 0 Å². The van der Waals surface area contributed by atoms with Crippen LogP contribution in [-0.4, -0.2) is 30.3 Å². The lowest BCUT2D eigenvalue weighted by Crippen LogP contribution is -2.46. The van der Waals surface area contributed by atoms with E-state index in [0.29, 0.717) is 17.7 Å². The number of aryl methyl sites for hydroxylation is 1. The van der Waals surface area contributed by atoms with Gasteiger partial charge in [0.05, 0.1) is 6.42 Å². The Morgan fingerprint density at radius 1 is 1.47 bits per heavy atom. The van der Waals surface area contributed by atoms with Crippen molar-refractivity contribution in [1.29, 1.82) is 0 Å². The van der Waals surface area contributed by atoms with Gasteiger partial charge in [-0.05, 0) is 30.0 Å². The molecule has 1 aliphatic heterocycles. The quantitative estimate of drug-likeness (QED) is 0.900. The van der Waals surface area contributed by atoms with Gasteiger partial charge >= 0.3 is 12.1 Å². The highest BCUT2D eigenvalue weighted by atomic mass is 19.4. The van der Waals surface area contributed by atoms with Gasteiger partial charge in [-0.15, -0.1) is 0 Å². The summed E-state index contributed by atoms with van der Waals surface area (Å²) >= 11 is 0. The standard InChI is InChI=1S/C13H14F3NO2/c1-17-10-4-2-8(7-12(18)19)6-9(10)3-5-11(17)13(14,15)16/h2,4,6,11H,3,5,7H2,1H3,(H,18,19). The Morgan fingerprint density at radius 2 is 2.16 bits per heavy atom. The highest BCUT2D eigenvalue weighted by Gasteiger charge is 2.44. The molecule has 0 aromatic heterocycles. The highest BCUT2D eigenvalue weighted by molar-refractivity contribution is 5.71. The molecule has 0 saturated heterocycles. The largest absolute Gasteiger partial charge is 0.481 e. The molecule has 3 nitrogen and oxygen atoms in total. The fourth-order valence-electron chi connectivity index (χ4n) is 2.50. The van der Waals surface area contributed by atoms with E-state index in [2.05, 4.69) is 0 Å². The number of rotatable bonds is 2. The van der Waals surface area contributed by atoms with Crippen LogP contribution in [0.2, 0.25) is 0 Å². The van der Waals surface area contributed by atoms with Gasteiger partial charge in [-0.25, -0.2) is 0 Å². The van der Waals surface area contributed by atoms with E-state index in [-0.39, 0.29) is 12.8 Å². The summed E-state index contributed by atoms with van der Waals surface area (Å²) in [5, 5.41) is 8.71. The first-order valence-electron chi connectivity index (χ1n) is 5.92. The van der Waals surface area contributed by atoms with Gasteiger partial charge in [0.15, 0.2) is 0 Å². The minimum Gasteiger partial charge on any atom is -0.481 e. The summed E-state index contributed by atoms with van der Waals surface area (Å²) in [6, 6.07) is 3.37. The van der Waals surface area contributed by atoms with Crippen LogP contribution in [0.3, 0.4) is 0 Å². The van der Waals surface area contributed by atoms with Crippen molar-refractivity contribution in [3.63, 3.8) is 0 Å². The van der Waals surface area contributed by atoms with Crippen molar-refractivity contribution in [2.24, 2.45) is 0 Å². The van der Waals surface area contributed by atoms with E-state index in [1.165, 1.54) is 11.9 Å². The second-order valence-corrected chi connectivity index (χ2v) is 4.74. The van der Waals surface area contributed by atoms with E-state index in [9.17, 15) is 18.0 Å². The summed E-state index contributed by atoms with van der Waals surface area (Å²) in [6.45, 7) is 0. The zero-order valence-electron chi connectivity index (χ0n) is 10.4. The van der Waals surface area contributed by atoms with Gasteiger partial charge in [0.2, 0.25) is 0 Å². The number of carboxylic acids is 1. The van der Waals surface area contributed by atoms with Crippen molar-refractivity contribution in [1.82, 2.24) is 0 Å². The molecule has 0 amide bonds. The maximum absolute atomic E-state index is 12.8. The van der Waals surface area contributed by atoms with Gasteiger partial charge in [-0.1, -0.05) is 12.1 Å². The third kappa shape index (κ3) is 2.83. The number of halogens is 3. The predicted molar refractivity (Wildman–Crippen MR) is 64.3 cm³/mol. The van der Waals surface area contributed by atoms with Crippen LogP contribution in [0, 0.1) is 0 Å². The molecule has 6 heteroatoms. The minimum atomic E-state index is -4.24. The van der Waals surface area contributed by atoms with E-state index in [4.69, 9.17) is 5.11 Å². The van der Waals surface area contributed by atoms with E-state index < -0.39 is 18.2 Å². The van der Waals surface area contributed by atoms with Gasteiger partial charge < -0.3 is 10.0 Å². The Bertz CT molecular complexity index is 499. The van der Waals surface area contributed by atoms with Crippen molar-refractivity contribution in [2.45, 2.75) is 31.5 Å². The number of benzene rings is 1. The number of alkyl halides is 3. The maximum Gasteiger partial charge on any atom is 0.408 e. The summed E-state index contributed by atoms with van der Waals surface area (Å²) in [5.41, 5.74) is 1.93. The van der Waals surface area contributed by atoms with Crippen LogP contribution in [0.5, 0.6) is 0 Å². The Labute approximate surface area is 108 Å². The first-order valence-corrected chi connectivity index (χ1v) is 5.92. The molecule has 0 fully saturated rings. The summed E-state index contributed by atoms with van der Waals surface area (Å²) in [6.07, 6.45) is -4.04. The van der Waals surface area contributed by atoms with E-state index in [0.717, 1.165) is 5.56 Å². The number of hydrogen-bond donors (Lipinski definition) is 1. The van der Waals surface area contributed by atoms with Crippen molar-refractivity contribution in [3.8, 4) is 0 Å². The smallest absolute Gasteiger partial charge is 0.408 e. The van der Waals surface area contributed by atoms with Gasteiger partial charge in [-0.2, -0.15) is 13.2 Å². The number of hydrogen-bond acceptors (Lipinski definition) is 2. The molecular weight excluding hydrogens is 259 g/mol. The van der Waals surface area contributed by atoms with Crippen molar-refractivity contribution in [2.75, 3.05) is 11.9 Å². The number of nitrogens with zero attached hydrogens (tertiary/aromatic N) is 1. The highest BCUT2D eigenvalue weighted by Crippen LogP contribution is 2.37. The van der Waals surface area contributed by atoms with Gasteiger partial charge in [0, 0.05) is 12.7 Å².